The molecule has 0 heterocycles. The van der Waals surface area contributed by atoms with Gasteiger partial charge in [-0.15, -0.1) is 0 Å². The Bertz CT molecular complexity index is 409. The third-order valence-corrected chi connectivity index (χ3v) is 3.93. The van der Waals surface area contributed by atoms with Crippen molar-refractivity contribution < 1.29 is 4.79 Å². The molecule has 1 unspecified atom stereocenters. The first-order valence-corrected chi connectivity index (χ1v) is 7.36. The number of carbonyl (C=O) groups excluding carboxylic acids is 1. The number of benzene rings is 1. The fourth-order valence-electron chi connectivity index (χ4n) is 1.95. The summed E-state index contributed by atoms with van der Waals surface area (Å²) in [6.07, 6.45) is 0.580. The second kappa shape index (κ2) is 7.44. The Balaban J connectivity index is 2.68. The molecule has 0 saturated heterocycles. The van der Waals surface area contributed by atoms with Gasteiger partial charge in [0.2, 0.25) is 5.91 Å². The Hall–Kier alpha value is -1.35. The first kappa shape index (κ1) is 16.7. The van der Waals surface area contributed by atoms with Crippen molar-refractivity contribution in [3.8, 4) is 0 Å². The van der Waals surface area contributed by atoms with Crippen LogP contribution in [0.5, 0.6) is 0 Å². The lowest BCUT2D eigenvalue weighted by atomic mass is 9.80. The highest BCUT2D eigenvalue weighted by Gasteiger charge is 2.24. The van der Waals surface area contributed by atoms with Gasteiger partial charge in [0.25, 0.3) is 0 Å². The number of amides is 1. The lowest BCUT2D eigenvalue weighted by molar-refractivity contribution is -0.133. The summed E-state index contributed by atoms with van der Waals surface area (Å²) in [6, 6.07) is 10.1. The monoisotopic (exact) mass is 276 g/mol. The fraction of sp³-hybridized carbons (Fsp3) is 0.588. The van der Waals surface area contributed by atoms with E-state index in [0.29, 0.717) is 32.0 Å². The van der Waals surface area contributed by atoms with Crippen LogP contribution in [-0.4, -0.2) is 23.9 Å². The zero-order chi connectivity index (χ0) is 15.2. The molecule has 0 radical (unpaired) electrons. The predicted octanol–water partition coefficient (Wildman–Crippen LogP) is 3.05. The lowest BCUT2D eigenvalue weighted by Crippen LogP contribution is -2.37. The number of carbonyl (C=O) groups is 1. The molecule has 3 nitrogen and oxygen atoms in total. The summed E-state index contributed by atoms with van der Waals surface area (Å²) >= 11 is 0. The van der Waals surface area contributed by atoms with Crippen molar-refractivity contribution in [2.45, 2.75) is 40.7 Å². The average molecular weight is 276 g/mol. The van der Waals surface area contributed by atoms with Gasteiger partial charge in [0, 0.05) is 26.1 Å². The zero-order valence-corrected chi connectivity index (χ0v) is 13.2. The number of nitrogens with two attached hydrogens (primary N) is 1. The minimum absolute atomic E-state index is 0.150. The fourth-order valence-corrected chi connectivity index (χ4v) is 1.95. The average Bonchev–Trinajstić information content (AvgIpc) is 2.38. The third-order valence-electron chi connectivity index (χ3n) is 3.93. The van der Waals surface area contributed by atoms with E-state index in [2.05, 4.69) is 27.7 Å². The third kappa shape index (κ3) is 5.33. The van der Waals surface area contributed by atoms with Crippen LogP contribution < -0.4 is 5.73 Å². The van der Waals surface area contributed by atoms with Gasteiger partial charge in [-0.2, -0.15) is 0 Å². The maximum Gasteiger partial charge on any atom is 0.223 e. The molecule has 0 fully saturated rings. The van der Waals surface area contributed by atoms with Gasteiger partial charge in [-0.1, -0.05) is 58.0 Å². The highest BCUT2D eigenvalue weighted by atomic mass is 16.2. The molecule has 0 saturated carbocycles. The molecule has 1 aromatic carbocycles. The normalized spacial score (nSPS) is 13.1. The molecule has 1 rings (SSSR count). The highest BCUT2D eigenvalue weighted by molar-refractivity contribution is 5.76. The second-order valence-electron chi connectivity index (χ2n) is 6.56. The maximum atomic E-state index is 12.5. The molecule has 1 atom stereocenters. The van der Waals surface area contributed by atoms with Crippen LogP contribution in [0.1, 0.15) is 39.7 Å². The summed E-state index contributed by atoms with van der Waals surface area (Å²) < 4.78 is 0. The Morgan fingerprint density at radius 2 is 1.85 bits per heavy atom. The highest BCUT2D eigenvalue weighted by Crippen LogP contribution is 2.28. The van der Waals surface area contributed by atoms with Crippen molar-refractivity contribution >= 4 is 5.91 Å². The summed E-state index contributed by atoms with van der Waals surface area (Å²) in [5, 5.41) is 0. The summed E-state index contributed by atoms with van der Waals surface area (Å²) in [5.41, 5.74) is 6.94. The molecule has 3 heteroatoms. The Morgan fingerprint density at radius 1 is 1.25 bits per heavy atom. The van der Waals surface area contributed by atoms with Crippen LogP contribution in [0, 0.1) is 11.3 Å². The number of rotatable bonds is 6. The van der Waals surface area contributed by atoms with Gasteiger partial charge in [0.05, 0.1) is 0 Å². The van der Waals surface area contributed by atoms with Gasteiger partial charge in [-0.25, -0.2) is 0 Å². The van der Waals surface area contributed by atoms with Crippen LogP contribution >= 0.6 is 0 Å². The molecule has 0 bridgehead atoms. The Morgan fingerprint density at radius 3 is 2.35 bits per heavy atom. The molecule has 112 valence electrons. The van der Waals surface area contributed by atoms with Crippen molar-refractivity contribution in [1.29, 1.82) is 0 Å². The number of hydrogen-bond acceptors (Lipinski definition) is 2. The molecule has 0 aromatic heterocycles. The van der Waals surface area contributed by atoms with E-state index in [9.17, 15) is 4.79 Å². The quantitative estimate of drug-likeness (QED) is 0.868. The van der Waals surface area contributed by atoms with Crippen LogP contribution in [0.25, 0.3) is 0 Å². The molecule has 2 N–H and O–H groups in total. The summed E-state index contributed by atoms with van der Waals surface area (Å²) in [5.74, 6) is 0.549. The molecule has 1 aromatic rings. The minimum atomic E-state index is 0.150. The SMILES string of the molecule is CC(CC(=O)N(CCN)Cc1ccccc1)C(C)(C)C. The summed E-state index contributed by atoms with van der Waals surface area (Å²) in [6.45, 7) is 10.4. The van der Waals surface area contributed by atoms with E-state index in [1.807, 2.05) is 35.2 Å². The van der Waals surface area contributed by atoms with E-state index in [4.69, 9.17) is 5.73 Å². The first-order valence-electron chi connectivity index (χ1n) is 7.36. The van der Waals surface area contributed by atoms with Crippen LogP contribution in [0.2, 0.25) is 0 Å². The standard InChI is InChI=1S/C17H28N2O/c1-14(17(2,3)4)12-16(20)19(11-10-18)13-15-8-6-5-7-9-15/h5-9,14H,10-13,18H2,1-4H3. The number of nitrogens with zero attached hydrogens (tertiary/aromatic N) is 1. The molecule has 0 aliphatic carbocycles. The summed E-state index contributed by atoms with van der Waals surface area (Å²) in [7, 11) is 0. The molecule has 0 aliphatic heterocycles. The van der Waals surface area contributed by atoms with Crippen molar-refractivity contribution in [3.63, 3.8) is 0 Å². The van der Waals surface area contributed by atoms with Gasteiger partial charge in [-0.05, 0) is 16.9 Å². The predicted molar refractivity (Wildman–Crippen MR) is 84.1 cm³/mol. The molecule has 20 heavy (non-hydrogen) atoms. The van der Waals surface area contributed by atoms with Gasteiger partial charge < -0.3 is 10.6 Å². The largest absolute Gasteiger partial charge is 0.337 e. The number of hydrogen-bond donors (Lipinski definition) is 1. The van der Waals surface area contributed by atoms with Gasteiger partial charge >= 0.3 is 0 Å². The van der Waals surface area contributed by atoms with Crippen molar-refractivity contribution in [2.75, 3.05) is 13.1 Å². The molecule has 0 aliphatic rings. The van der Waals surface area contributed by atoms with E-state index < -0.39 is 0 Å². The lowest BCUT2D eigenvalue weighted by Gasteiger charge is -2.30. The maximum absolute atomic E-state index is 12.5. The van der Waals surface area contributed by atoms with E-state index in [-0.39, 0.29) is 11.3 Å². The van der Waals surface area contributed by atoms with Crippen molar-refractivity contribution in [2.24, 2.45) is 17.1 Å². The van der Waals surface area contributed by atoms with Crippen molar-refractivity contribution in [3.05, 3.63) is 35.9 Å². The van der Waals surface area contributed by atoms with Gasteiger partial charge in [0.15, 0.2) is 0 Å². The topological polar surface area (TPSA) is 46.3 Å². The smallest absolute Gasteiger partial charge is 0.223 e. The van der Waals surface area contributed by atoms with E-state index in [1.165, 1.54) is 0 Å². The van der Waals surface area contributed by atoms with Gasteiger partial charge in [0.1, 0.15) is 0 Å². The Labute approximate surface area is 123 Å². The van der Waals surface area contributed by atoms with Crippen LogP contribution in [-0.2, 0) is 11.3 Å². The molecular formula is C17H28N2O. The second-order valence-corrected chi connectivity index (χ2v) is 6.56. The van der Waals surface area contributed by atoms with E-state index in [1.54, 1.807) is 0 Å². The molecule has 0 spiro atoms. The molecular weight excluding hydrogens is 248 g/mol. The summed E-state index contributed by atoms with van der Waals surface area (Å²) in [4.78, 5) is 14.3. The van der Waals surface area contributed by atoms with Crippen LogP contribution in [0.15, 0.2) is 30.3 Å². The van der Waals surface area contributed by atoms with Crippen LogP contribution in [0.4, 0.5) is 0 Å². The van der Waals surface area contributed by atoms with Crippen molar-refractivity contribution in [1.82, 2.24) is 4.90 Å². The van der Waals surface area contributed by atoms with E-state index in [0.717, 1.165) is 5.56 Å². The van der Waals surface area contributed by atoms with Crippen LogP contribution in [0.3, 0.4) is 0 Å². The minimum Gasteiger partial charge on any atom is -0.337 e. The Kier molecular flexibility index (Phi) is 6.21. The van der Waals surface area contributed by atoms with E-state index >= 15 is 0 Å². The van der Waals surface area contributed by atoms with Gasteiger partial charge in [-0.3, -0.25) is 4.79 Å². The first-order chi connectivity index (χ1) is 9.34. The molecule has 1 amide bonds. The zero-order valence-electron chi connectivity index (χ0n) is 13.2.